The number of aliphatic hydroxyl groups is 1. The van der Waals surface area contributed by atoms with Gasteiger partial charge in [0.15, 0.2) is 0 Å². The summed E-state index contributed by atoms with van der Waals surface area (Å²) in [6.45, 7) is 0.879. The van der Waals surface area contributed by atoms with Gasteiger partial charge in [0.2, 0.25) is 0 Å². The molecule has 0 aliphatic carbocycles. The second-order valence-electron chi connectivity index (χ2n) is 9.46. The van der Waals surface area contributed by atoms with Gasteiger partial charge in [-0.05, 0) is 71.5 Å². The standard InChI is InChI=1S/C30H28FNO4S/c31-26-15-10-23(11-16-26)29(33)19-14-25-20-32(27-4-2-1-3-5-27)30(25)24-8-6-21(7-9-24)22-12-17-28(18-13-22)37(34,35)36/h1-13,15-18,25,29-30,33H,14,19-20H2,(H,34,35,36)/t25-,29-,30+/m0/s1. The highest BCUT2D eigenvalue weighted by atomic mass is 32.2. The van der Waals surface area contributed by atoms with Crippen LogP contribution in [0.3, 0.4) is 0 Å². The van der Waals surface area contributed by atoms with Gasteiger partial charge in [-0.1, -0.05) is 66.7 Å². The first-order valence-electron chi connectivity index (χ1n) is 12.2. The molecule has 37 heavy (non-hydrogen) atoms. The van der Waals surface area contributed by atoms with Crippen molar-refractivity contribution in [3.63, 3.8) is 0 Å². The first kappa shape index (κ1) is 25.1. The van der Waals surface area contributed by atoms with Crippen LogP contribution < -0.4 is 4.90 Å². The van der Waals surface area contributed by atoms with E-state index in [0.29, 0.717) is 12.3 Å². The molecule has 5 nitrogen and oxygen atoms in total. The summed E-state index contributed by atoms with van der Waals surface area (Å²) in [5.74, 6) is 0.0292. The van der Waals surface area contributed by atoms with Crippen molar-refractivity contribution < 1.29 is 22.5 Å². The summed E-state index contributed by atoms with van der Waals surface area (Å²) in [6, 6.07) is 30.8. The van der Waals surface area contributed by atoms with E-state index in [0.717, 1.165) is 40.9 Å². The Morgan fingerprint density at radius 3 is 2.03 bits per heavy atom. The zero-order chi connectivity index (χ0) is 26.0. The van der Waals surface area contributed by atoms with E-state index in [4.69, 9.17) is 0 Å². The van der Waals surface area contributed by atoms with Crippen molar-refractivity contribution in [1.29, 1.82) is 0 Å². The van der Waals surface area contributed by atoms with Crippen molar-refractivity contribution in [2.24, 2.45) is 5.92 Å². The lowest BCUT2D eigenvalue weighted by Crippen LogP contribution is -2.50. The molecule has 2 N–H and O–H groups in total. The van der Waals surface area contributed by atoms with Gasteiger partial charge >= 0.3 is 0 Å². The number of aliphatic hydroxyl groups excluding tert-OH is 1. The quantitative estimate of drug-likeness (QED) is 0.263. The van der Waals surface area contributed by atoms with E-state index in [2.05, 4.69) is 29.2 Å². The lowest BCUT2D eigenvalue weighted by Gasteiger charge is -2.50. The minimum absolute atomic E-state index is 0.133. The highest BCUT2D eigenvalue weighted by Crippen LogP contribution is 2.45. The molecule has 1 aliphatic heterocycles. The predicted molar refractivity (Wildman–Crippen MR) is 142 cm³/mol. The van der Waals surface area contributed by atoms with Gasteiger partial charge in [-0.3, -0.25) is 4.55 Å². The molecular formula is C30H28FNO4S. The van der Waals surface area contributed by atoms with E-state index in [1.807, 2.05) is 30.3 Å². The Morgan fingerprint density at radius 2 is 1.43 bits per heavy atom. The van der Waals surface area contributed by atoms with Crippen LogP contribution >= 0.6 is 0 Å². The maximum absolute atomic E-state index is 13.3. The van der Waals surface area contributed by atoms with Crippen molar-refractivity contribution in [3.8, 4) is 11.1 Å². The Hall–Kier alpha value is -3.52. The summed E-state index contributed by atoms with van der Waals surface area (Å²) in [4.78, 5) is 2.23. The van der Waals surface area contributed by atoms with Crippen molar-refractivity contribution in [1.82, 2.24) is 0 Å². The van der Waals surface area contributed by atoms with Crippen LogP contribution in [-0.4, -0.2) is 24.6 Å². The summed E-state index contributed by atoms with van der Waals surface area (Å²) >= 11 is 0. The van der Waals surface area contributed by atoms with Crippen LogP contribution in [0.4, 0.5) is 10.1 Å². The average Bonchev–Trinajstić information content (AvgIpc) is 2.89. The van der Waals surface area contributed by atoms with E-state index in [9.17, 15) is 22.5 Å². The predicted octanol–water partition coefficient (Wildman–Crippen LogP) is 6.43. The third-order valence-electron chi connectivity index (χ3n) is 7.10. The SMILES string of the molecule is O=S(=O)(O)c1ccc(-c2ccc([C@@H]3[C@@H](CC[C@H](O)c4ccc(F)cc4)CN3c3ccccc3)cc2)cc1. The van der Waals surface area contributed by atoms with Gasteiger partial charge in [-0.15, -0.1) is 0 Å². The molecule has 0 saturated carbocycles. The fourth-order valence-corrected chi connectivity index (χ4v) is 5.56. The normalized spacial score (nSPS) is 18.3. The van der Waals surface area contributed by atoms with Crippen molar-refractivity contribution >= 4 is 15.8 Å². The molecule has 7 heteroatoms. The monoisotopic (exact) mass is 517 g/mol. The van der Waals surface area contributed by atoms with E-state index < -0.39 is 16.2 Å². The van der Waals surface area contributed by atoms with Crippen LogP contribution in [0.1, 0.15) is 36.1 Å². The maximum atomic E-state index is 13.3. The summed E-state index contributed by atoms with van der Waals surface area (Å²) in [5.41, 5.74) is 4.83. The molecule has 4 aromatic rings. The Bertz CT molecular complexity index is 1440. The number of anilines is 1. The molecule has 0 bridgehead atoms. The molecule has 0 radical (unpaired) electrons. The van der Waals surface area contributed by atoms with Crippen LogP contribution in [0.25, 0.3) is 11.1 Å². The lowest BCUT2D eigenvalue weighted by molar-refractivity contribution is 0.144. The van der Waals surface area contributed by atoms with Gasteiger partial charge in [0.05, 0.1) is 17.0 Å². The highest BCUT2D eigenvalue weighted by molar-refractivity contribution is 7.85. The van der Waals surface area contributed by atoms with E-state index in [1.54, 1.807) is 24.3 Å². The number of nitrogens with zero attached hydrogens (tertiary/aromatic N) is 1. The largest absolute Gasteiger partial charge is 0.388 e. The molecule has 190 valence electrons. The fourth-order valence-electron chi connectivity index (χ4n) is 5.08. The van der Waals surface area contributed by atoms with Gasteiger partial charge in [-0.2, -0.15) is 8.42 Å². The molecule has 0 spiro atoms. The summed E-state index contributed by atoms with van der Waals surface area (Å²) < 4.78 is 45.1. The van der Waals surface area contributed by atoms with Crippen molar-refractivity contribution in [3.05, 3.63) is 120 Å². The summed E-state index contributed by atoms with van der Waals surface area (Å²) in [6.07, 6.45) is 0.777. The number of hydrogen-bond acceptors (Lipinski definition) is 4. The van der Waals surface area contributed by atoms with Crippen LogP contribution in [0.15, 0.2) is 108 Å². The summed E-state index contributed by atoms with van der Waals surface area (Å²) in [7, 11) is -4.23. The number of halogens is 1. The van der Waals surface area contributed by atoms with Gasteiger partial charge in [0.1, 0.15) is 5.82 Å². The van der Waals surface area contributed by atoms with Gasteiger partial charge in [-0.25, -0.2) is 4.39 Å². The van der Waals surface area contributed by atoms with E-state index in [1.165, 1.54) is 24.3 Å². The molecule has 0 aromatic heterocycles. The molecule has 5 rings (SSSR count). The third-order valence-corrected chi connectivity index (χ3v) is 7.97. The van der Waals surface area contributed by atoms with Gasteiger partial charge in [0.25, 0.3) is 10.1 Å². The summed E-state index contributed by atoms with van der Waals surface area (Å²) in [5, 5.41) is 10.7. The van der Waals surface area contributed by atoms with Gasteiger partial charge in [0, 0.05) is 18.2 Å². The fraction of sp³-hybridized carbons (Fsp3) is 0.200. The average molecular weight is 518 g/mol. The third kappa shape index (κ3) is 5.59. The minimum Gasteiger partial charge on any atom is -0.388 e. The molecule has 1 fully saturated rings. The molecular weight excluding hydrogens is 489 g/mol. The number of rotatable bonds is 8. The first-order chi connectivity index (χ1) is 17.8. The molecule has 3 atom stereocenters. The van der Waals surface area contributed by atoms with Crippen molar-refractivity contribution in [2.45, 2.75) is 29.9 Å². The van der Waals surface area contributed by atoms with Crippen LogP contribution in [0.5, 0.6) is 0 Å². The van der Waals surface area contributed by atoms with Crippen LogP contribution in [-0.2, 0) is 10.1 Å². The van der Waals surface area contributed by atoms with Gasteiger partial charge < -0.3 is 10.0 Å². The molecule has 1 aliphatic rings. The zero-order valence-electron chi connectivity index (χ0n) is 20.1. The molecule has 1 saturated heterocycles. The Kier molecular flexibility index (Phi) is 7.11. The maximum Gasteiger partial charge on any atom is 0.294 e. The Balaban J connectivity index is 1.34. The molecule has 0 unspecified atom stereocenters. The second-order valence-corrected chi connectivity index (χ2v) is 10.9. The smallest absolute Gasteiger partial charge is 0.294 e. The van der Waals surface area contributed by atoms with E-state index in [-0.39, 0.29) is 16.8 Å². The molecule has 0 amide bonds. The van der Waals surface area contributed by atoms with Crippen LogP contribution in [0.2, 0.25) is 0 Å². The molecule has 1 heterocycles. The second kappa shape index (κ2) is 10.5. The molecule has 4 aromatic carbocycles. The number of hydrogen-bond donors (Lipinski definition) is 2. The van der Waals surface area contributed by atoms with Crippen molar-refractivity contribution in [2.75, 3.05) is 11.4 Å². The number of para-hydroxylation sites is 1. The first-order valence-corrected chi connectivity index (χ1v) is 13.7. The lowest BCUT2D eigenvalue weighted by atomic mass is 9.79. The Morgan fingerprint density at radius 1 is 0.838 bits per heavy atom. The highest BCUT2D eigenvalue weighted by Gasteiger charge is 2.39. The van der Waals surface area contributed by atoms with Crippen LogP contribution in [0, 0.1) is 11.7 Å². The minimum atomic E-state index is -4.23. The van der Waals surface area contributed by atoms with E-state index >= 15 is 0 Å². The zero-order valence-corrected chi connectivity index (χ0v) is 20.9. The Labute approximate surface area is 216 Å². The number of benzene rings is 4. The topological polar surface area (TPSA) is 77.8 Å².